The van der Waals surface area contributed by atoms with E-state index in [0.717, 1.165) is 0 Å². The summed E-state index contributed by atoms with van der Waals surface area (Å²) in [4.78, 5) is 11.4. The van der Waals surface area contributed by atoms with Crippen LogP contribution in [0.15, 0.2) is 30.3 Å². The van der Waals surface area contributed by atoms with E-state index in [4.69, 9.17) is 51.0 Å². The van der Waals surface area contributed by atoms with Crippen LogP contribution in [0.5, 0.6) is 11.5 Å². The topological polar surface area (TPSA) is 78.3 Å². The smallest absolute Gasteiger partial charge is 0.252 e. The molecule has 2 rings (SSSR count). The number of amides is 1. The van der Waals surface area contributed by atoms with Crippen molar-refractivity contribution in [3.05, 3.63) is 51.0 Å². The molecule has 0 saturated heterocycles. The molecule has 0 saturated carbocycles. The van der Waals surface area contributed by atoms with Crippen LogP contribution in [0.1, 0.15) is 10.4 Å². The molecular formula is C13H9Cl3N2O2. The number of nitrogen functional groups attached to an aromatic ring is 1. The molecular weight excluding hydrogens is 323 g/mol. The standard InChI is InChI=1S/C13H9Cl3N2O2/c14-8-4-10(16)12(5-9(8)15)20-11-3-6(17)1-2-7(11)13(18)19/h1-5H,17H2,(H2,18,19). The van der Waals surface area contributed by atoms with E-state index in [9.17, 15) is 4.79 Å². The average Bonchev–Trinajstić information content (AvgIpc) is 2.35. The zero-order valence-corrected chi connectivity index (χ0v) is 12.3. The molecule has 20 heavy (non-hydrogen) atoms. The lowest BCUT2D eigenvalue weighted by atomic mass is 10.1. The summed E-state index contributed by atoms with van der Waals surface area (Å²) in [5.41, 5.74) is 11.5. The maximum Gasteiger partial charge on any atom is 0.252 e. The third-order valence-corrected chi connectivity index (χ3v) is 3.48. The number of ether oxygens (including phenoxy) is 1. The molecule has 4 N–H and O–H groups in total. The molecule has 0 atom stereocenters. The van der Waals surface area contributed by atoms with Gasteiger partial charge in [-0.15, -0.1) is 0 Å². The van der Waals surface area contributed by atoms with Crippen LogP contribution >= 0.6 is 34.8 Å². The Bertz CT molecular complexity index is 690. The lowest BCUT2D eigenvalue weighted by Crippen LogP contribution is -2.12. The summed E-state index contributed by atoms with van der Waals surface area (Å²) < 4.78 is 5.56. The molecule has 7 heteroatoms. The van der Waals surface area contributed by atoms with Crippen molar-refractivity contribution in [3.63, 3.8) is 0 Å². The van der Waals surface area contributed by atoms with Crippen LogP contribution in [-0.2, 0) is 0 Å². The highest BCUT2D eigenvalue weighted by Crippen LogP contribution is 2.37. The van der Waals surface area contributed by atoms with Gasteiger partial charge in [-0.1, -0.05) is 34.8 Å². The lowest BCUT2D eigenvalue weighted by Gasteiger charge is -2.12. The summed E-state index contributed by atoms with van der Waals surface area (Å²) in [6, 6.07) is 7.37. The monoisotopic (exact) mass is 330 g/mol. The molecule has 0 aliphatic heterocycles. The summed E-state index contributed by atoms with van der Waals surface area (Å²) in [6.07, 6.45) is 0. The van der Waals surface area contributed by atoms with E-state index in [1.54, 1.807) is 6.07 Å². The van der Waals surface area contributed by atoms with Crippen molar-refractivity contribution >= 4 is 46.4 Å². The Morgan fingerprint density at radius 2 is 1.60 bits per heavy atom. The maximum atomic E-state index is 11.4. The third-order valence-electron chi connectivity index (χ3n) is 2.47. The molecule has 4 nitrogen and oxygen atoms in total. The number of hydrogen-bond acceptors (Lipinski definition) is 3. The molecule has 0 aliphatic carbocycles. The van der Waals surface area contributed by atoms with Gasteiger partial charge in [-0.2, -0.15) is 0 Å². The molecule has 0 heterocycles. The van der Waals surface area contributed by atoms with Crippen LogP contribution in [0.4, 0.5) is 5.69 Å². The summed E-state index contributed by atoms with van der Waals surface area (Å²) in [7, 11) is 0. The Labute approximate surface area is 130 Å². The first-order chi connectivity index (χ1) is 9.38. The fourth-order valence-corrected chi connectivity index (χ4v) is 2.10. The zero-order chi connectivity index (χ0) is 14.9. The Morgan fingerprint density at radius 3 is 2.25 bits per heavy atom. The Hall–Kier alpha value is -1.62. The predicted octanol–water partition coefficient (Wildman–Crippen LogP) is 4.12. The molecule has 2 aromatic rings. The number of hydrogen-bond donors (Lipinski definition) is 2. The second-order valence-corrected chi connectivity index (χ2v) is 5.14. The summed E-state index contributed by atoms with van der Waals surface area (Å²) in [6.45, 7) is 0. The van der Waals surface area contributed by atoms with Gasteiger partial charge < -0.3 is 16.2 Å². The fraction of sp³-hybridized carbons (Fsp3) is 0. The molecule has 1 amide bonds. The molecule has 0 unspecified atom stereocenters. The molecule has 0 aliphatic rings. The molecule has 2 aromatic carbocycles. The van der Waals surface area contributed by atoms with E-state index in [1.165, 1.54) is 24.3 Å². The average molecular weight is 332 g/mol. The Balaban J connectivity index is 2.47. The number of carbonyl (C=O) groups excluding carboxylic acids is 1. The van der Waals surface area contributed by atoms with Gasteiger partial charge in [-0.3, -0.25) is 4.79 Å². The number of rotatable bonds is 3. The number of carbonyl (C=O) groups is 1. The molecule has 0 radical (unpaired) electrons. The molecule has 0 spiro atoms. The number of nitrogens with two attached hydrogens (primary N) is 2. The van der Waals surface area contributed by atoms with Crippen LogP contribution in [-0.4, -0.2) is 5.91 Å². The lowest BCUT2D eigenvalue weighted by molar-refractivity contribution is 0.0998. The Morgan fingerprint density at radius 1 is 0.950 bits per heavy atom. The van der Waals surface area contributed by atoms with Crippen LogP contribution in [0.3, 0.4) is 0 Å². The highest BCUT2D eigenvalue weighted by atomic mass is 35.5. The number of anilines is 1. The van der Waals surface area contributed by atoms with Gasteiger partial charge in [0.25, 0.3) is 5.91 Å². The maximum absolute atomic E-state index is 11.4. The second kappa shape index (κ2) is 5.79. The van der Waals surface area contributed by atoms with Crippen molar-refractivity contribution < 1.29 is 9.53 Å². The SMILES string of the molecule is NC(=O)c1ccc(N)cc1Oc1cc(Cl)c(Cl)cc1Cl. The summed E-state index contributed by atoms with van der Waals surface area (Å²) >= 11 is 17.7. The first-order valence-corrected chi connectivity index (χ1v) is 6.53. The minimum atomic E-state index is -0.642. The summed E-state index contributed by atoms with van der Waals surface area (Å²) in [5.74, 6) is -0.205. The first kappa shape index (κ1) is 14.8. The Kier molecular flexibility index (Phi) is 4.28. The van der Waals surface area contributed by atoms with E-state index in [-0.39, 0.29) is 27.1 Å². The van der Waals surface area contributed by atoms with Crippen molar-refractivity contribution in [3.8, 4) is 11.5 Å². The van der Waals surface area contributed by atoms with Gasteiger partial charge in [0.05, 0.1) is 20.6 Å². The molecule has 104 valence electrons. The first-order valence-electron chi connectivity index (χ1n) is 5.40. The highest BCUT2D eigenvalue weighted by molar-refractivity contribution is 6.43. The van der Waals surface area contributed by atoms with Crippen molar-refractivity contribution in [1.82, 2.24) is 0 Å². The van der Waals surface area contributed by atoms with Crippen LogP contribution < -0.4 is 16.2 Å². The highest BCUT2D eigenvalue weighted by Gasteiger charge is 2.14. The van der Waals surface area contributed by atoms with E-state index in [0.29, 0.717) is 10.7 Å². The fourth-order valence-electron chi connectivity index (χ4n) is 1.53. The van der Waals surface area contributed by atoms with E-state index < -0.39 is 5.91 Å². The summed E-state index contributed by atoms with van der Waals surface area (Å²) in [5, 5.41) is 0.819. The largest absolute Gasteiger partial charge is 0.455 e. The van der Waals surface area contributed by atoms with Crippen molar-refractivity contribution in [2.45, 2.75) is 0 Å². The second-order valence-electron chi connectivity index (χ2n) is 3.92. The number of halogens is 3. The van der Waals surface area contributed by atoms with Gasteiger partial charge in [0.2, 0.25) is 0 Å². The van der Waals surface area contributed by atoms with Gasteiger partial charge >= 0.3 is 0 Å². The molecule has 0 fully saturated rings. The van der Waals surface area contributed by atoms with E-state index >= 15 is 0 Å². The van der Waals surface area contributed by atoms with Gasteiger partial charge in [-0.05, 0) is 18.2 Å². The van der Waals surface area contributed by atoms with Gasteiger partial charge in [0.1, 0.15) is 11.5 Å². The van der Waals surface area contributed by atoms with Crippen molar-refractivity contribution in [2.24, 2.45) is 5.73 Å². The van der Waals surface area contributed by atoms with Gasteiger partial charge in [0.15, 0.2) is 0 Å². The third kappa shape index (κ3) is 3.10. The number of benzene rings is 2. The predicted molar refractivity (Wildman–Crippen MR) is 80.9 cm³/mol. The van der Waals surface area contributed by atoms with Gasteiger partial charge in [-0.25, -0.2) is 0 Å². The minimum absolute atomic E-state index is 0.182. The van der Waals surface area contributed by atoms with E-state index in [2.05, 4.69) is 0 Å². The van der Waals surface area contributed by atoms with Crippen molar-refractivity contribution in [1.29, 1.82) is 0 Å². The minimum Gasteiger partial charge on any atom is -0.455 e. The van der Waals surface area contributed by atoms with E-state index in [1.807, 2.05) is 0 Å². The van der Waals surface area contributed by atoms with Crippen LogP contribution in [0.25, 0.3) is 0 Å². The molecule has 0 aromatic heterocycles. The van der Waals surface area contributed by atoms with Crippen molar-refractivity contribution in [2.75, 3.05) is 5.73 Å². The van der Waals surface area contributed by atoms with Crippen LogP contribution in [0, 0.1) is 0 Å². The van der Waals surface area contributed by atoms with Crippen LogP contribution in [0.2, 0.25) is 15.1 Å². The normalized spacial score (nSPS) is 10.3. The molecule has 0 bridgehead atoms. The number of primary amides is 1. The quantitative estimate of drug-likeness (QED) is 0.656. The van der Waals surface area contributed by atoms with Gasteiger partial charge in [0, 0.05) is 17.8 Å². The zero-order valence-electron chi connectivity index (χ0n) is 9.99.